The van der Waals surface area contributed by atoms with Gasteiger partial charge in [-0.15, -0.1) is 0 Å². The van der Waals surface area contributed by atoms with Gasteiger partial charge >= 0.3 is 0 Å². The molecule has 3 heteroatoms. The van der Waals surface area contributed by atoms with Crippen LogP contribution in [-0.4, -0.2) is 0 Å². The molecule has 2 aromatic carbocycles. The van der Waals surface area contributed by atoms with Gasteiger partial charge in [-0.05, 0) is 43.7 Å². The molecule has 2 rings (SSSR count). The molecule has 0 bridgehead atoms. The zero-order valence-corrected chi connectivity index (χ0v) is 10.9. The molecule has 0 fully saturated rings. The summed E-state index contributed by atoms with van der Waals surface area (Å²) >= 11 is 0. The van der Waals surface area contributed by atoms with Crippen molar-refractivity contribution in [3.63, 3.8) is 0 Å². The van der Waals surface area contributed by atoms with Gasteiger partial charge in [-0.25, -0.2) is 0 Å². The van der Waals surface area contributed by atoms with Crippen LogP contribution in [0.1, 0.15) is 11.1 Å². The summed E-state index contributed by atoms with van der Waals surface area (Å²) in [5.41, 5.74) is 2.19. The van der Waals surface area contributed by atoms with Crippen molar-refractivity contribution in [1.29, 1.82) is 0 Å². The molecule has 2 aromatic rings. The number of benzene rings is 2. The Morgan fingerprint density at radius 1 is 0.941 bits per heavy atom. The van der Waals surface area contributed by atoms with Crippen LogP contribution in [0.25, 0.3) is 0 Å². The maximum atomic E-state index is 12.0. The van der Waals surface area contributed by atoms with Crippen molar-refractivity contribution in [2.24, 2.45) is 0 Å². The van der Waals surface area contributed by atoms with E-state index in [9.17, 15) is 4.57 Å². The highest BCUT2D eigenvalue weighted by atomic mass is 31.1. The van der Waals surface area contributed by atoms with Crippen LogP contribution >= 0.6 is 8.03 Å². The Hall–Kier alpha value is -1.53. The molecule has 17 heavy (non-hydrogen) atoms. The van der Waals surface area contributed by atoms with E-state index in [1.165, 1.54) is 0 Å². The molecule has 0 N–H and O–H groups in total. The molecule has 0 aliphatic rings. The fourth-order valence-corrected chi connectivity index (χ4v) is 2.65. The third-order valence-electron chi connectivity index (χ3n) is 2.45. The molecule has 0 spiro atoms. The fourth-order valence-electron chi connectivity index (χ4n) is 1.62. The quantitative estimate of drug-likeness (QED) is 0.775. The maximum Gasteiger partial charge on any atom is 0.265 e. The molecular weight excluding hydrogens is 231 g/mol. The Morgan fingerprint density at radius 3 is 2.24 bits per heavy atom. The van der Waals surface area contributed by atoms with Crippen LogP contribution in [0, 0.1) is 13.8 Å². The summed E-state index contributed by atoms with van der Waals surface area (Å²) in [5.74, 6) is 0.662. The smallest absolute Gasteiger partial charge is 0.265 e. The Morgan fingerprint density at radius 2 is 1.59 bits per heavy atom. The second kappa shape index (κ2) is 5.20. The van der Waals surface area contributed by atoms with Crippen LogP contribution < -0.4 is 9.83 Å². The Kier molecular flexibility index (Phi) is 3.65. The minimum Gasteiger partial charge on any atom is -0.442 e. The summed E-state index contributed by atoms with van der Waals surface area (Å²) in [6, 6.07) is 15.2. The highest BCUT2D eigenvalue weighted by molar-refractivity contribution is 7.48. The van der Waals surface area contributed by atoms with Crippen LogP contribution in [-0.2, 0) is 4.57 Å². The first kappa shape index (κ1) is 11.9. The van der Waals surface area contributed by atoms with Crippen molar-refractivity contribution in [1.82, 2.24) is 0 Å². The summed E-state index contributed by atoms with van der Waals surface area (Å²) in [4.78, 5) is 0. The largest absolute Gasteiger partial charge is 0.442 e. The van der Waals surface area contributed by atoms with Crippen molar-refractivity contribution in [3.8, 4) is 5.75 Å². The van der Waals surface area contributed by atoms with Gasteiger partial charge in [0, 0.05) is 5.30 Å². The molecule has 0 saturated carbocycles. The van der Waals surface area contributed by atoms with E-state index < -0.39 is 8.03 Å². The molecule has 1 atom stereocenters. The second-order valence-electron chi connectivity index (χ2n) is 4.08. The van der Waals surface area contributed by atoms with Gasteiger partial charge in [0.2, 0.25) is 0 Å². The molecule has 0 amide bonds. The van der Waals surface area contributed by atoms with Crippen molar-refractivity contribution < 1.29 is 9.09 Å². The zero-order chi connectivity index (χ0) is 12.3. The highest BCUT2D eigenvalue weighted by Gasteiger charge is 2.05. The normalized spacial score (nSPS) is 12.1. The van der Waals surface area contributed by atoms with Gasteiger partial charge in [0.05, 0.1) is 0 Å². The van der Waals surface area contributed by atoms with E-state index in [1.807, 2.05) is 62.4 Å². The van der Waals surface area contributed by atoms with E-state index in [0.29, 0.717) is 5.75 Å². The lowest BCUT2D eigenvalue weighted by Crippen LogP contribution is -2.00. The lowest BCUT2D eigenvalue weighted by Gasteiger charge is -2.07. The zero-order valence-electron chi connectivity index (χ0n) is 9.94. The van der Waals surface area contributed by atoms with Gasteiger partial charge in [-0.2, -0.15) is 0 Å². The van der Waals surface area contributed by atoms with Gasteiger partial charge in [0.15, 0.2) is 0 Å². The molecule has 0 heterocycles. The molecule has 0 radical (unpaired) electrons. The highest BCUT2D eigenvalue weighted by Crippen LogP contribution is 2.26. The van der Waals surface area contributed by atoms with E-state index in [1.54, 1.807) is 0 Å². The van der Waals surface area contributed by atoms with Gasteiger partial charge in [0.1, 0.15) is 5.75 Å². The molecule has 0 aliphatic heterocycles. The first-order valence-electron chi connectivity index (χ1n) is 5.51. The van der Waals surface area contributed by atoms with Gasteiger partial charge in [-0.3, -0.25) is 4.57 Å². The Labute approximate surface area is 102 Å². The predicted octanol–water partition coefficient (Wildman–Crippen LogP) is 3.48. The minimum absolute atomic E-state index is 0.662. The fraction of sp³-hybridized carbons (Fsp3) is 0.143. The Balaban J connectivity index is 2.17. The topological polar surface area (TPSA) is 26.3 Å². The van der Waals surface area contributed by atoms with Crippen molar-refractivity contribution in [2.75, 3.05) is 0 Å². The lowest BCUT2D eigenvalue weighted by atomic mass is 10.2. The van der Waals surface area contributed by atoms with Crippen LogP contribution in [0.4, 0.5) is 0 Å². The van der Waals surface area contributed by atoms with Crippen LogP contribution in [0.5, 0.6) is 5.75 Å². The molecule has 1 unspecified atom stereocenters. The molecule has 0 aromatic heterocycles. The first-order chi connectivity index (χ1) is 8.15. The van der Waals surface area contributed by atoms with E-state index in [4.69, 9.17) is 4.52 Å². The lowest BCUT2D eigenvalue weighted by molar-refractivity contribution is 0.514. The van der Waals surface area contributed by atoms with Gasteiger partial charge < -0.3 is 4.52 Å². The number of hydrogen-bond donors (Lipinski definition) is 0. The van der Waals surface area contributed by atoms with E-state index in [0.717, 1.165) is 16.4 Å². The molecule has 0 saturated heterocycles. The minimum atomic E-state index is -2.21. The molecule has 88 valence electrons. The first-order valence-corrected chi connectivity index (χ1v) is 6.82. The van der Waals surface area contributed by atoms with E-state index >= 15 is 0 Å². The third kappa shape index (κ3) is 3.21. The van der Waals surface area contributed by atoms with Crippen molar-refractivity contribution in [3.05, 3.63) is 59.7 Å². The molecule has 0 aliphatic carbocycles. The molecule has 2 nitrogen and oxygen atoms in total. The number of rotatable bonds is 3. The van der Waals surface area contributed by atoms with Gasteiger partial charge in [-0.1, -0.05) is 29.8 Å². The SMILES string of the molecule is Cc1cccc(O[PH](=O)c2cccc(C)c2)c1. The summed E-state index contributed by atoms with van der Waals surface area (Å²) in [6.07, 6.45) is 0. The van der Waals surface area contributed by atoms with Crippen LogP contribution in [0.2, 0.25) is 0 Å². The van der Waals surface area contributed by atoms with Crippen LogP contribution in [0.15, 0.2) is 48.5 Å². The summed E-state index contributed by atoms with van der Waals surface area (Å²) < 4.78 is 17.5. The summed E-state index contributed by atoms with van der Waals surface area (Å²) in [5, 5.41) is 0.761. The second-order valence-corrected chi connectivity index (χ2v) is 5.43. The monoisotopic (exact) mass is 246 g/mol. The predicted molar refractivity (Wildman–Crippen MR) is 71.6 cm³/mol. The Bertz CT molecular complexity index is 549. The van der Waals surface area contributed by atoms with E-state index in [2.05, 4.69) is 0 Å². The average molecular weight is 246 g/mol. The summed E-state index contributed by atoms with van der Waals surface area (Å²) in [6.45, 7) is 3.96. The number of aryl methyl sites for hydroxylation is 2. The molecular formula is C14H15O2P. The summed E-state index contributed by atoms with van der Waals surface area (Å²) in [7, 11) is -2.21. The number of hydrogen-bond acceptors (Lipinski definition) is 2. The van der Waals surface area contributed by atoms with Crippen molar-refractivity contribution >= 4 is 13.3 Å². The van der Waals surface area contributed by atoms with E-state index in [-0.39, 0.29) is 0 Å². The van der Waals surface area contributed by atoms with Gasteiger partial charge in [0.25, 0.3) is 8.03 Å². The maximum absolute atomic E-state index is 12.0. The van der Waals surface area contributed by atoms with Crippen molar-refractivity contribution in [2.45, 2.75) is 13.8 Å². The standard InChI is InChI=1S/C14H15O2P/c1-11-5-3-7-13(9-11)16-17(15)14-8-4-6-12(2)10-14/h3-10,17H,1-2H3. The average Bonchev–Trinajstić information content (AvgIpc) is 2.29. The third-order valence-corrected chi connectivity index (χ3v) is 3.66. The van der Waals surface area contributed by atoms with Crippen LogP contribution in [0.3, 0.4) is 0 Å².